The fourth-order valence-electron chi connectivity index (χ4n) is 2.55. The molecule has 0 spiro atoms. The van der Waals surface area contributed by atoms with Crippen LogP contribution in [0.2, 0.25) is 0 Å². The maximum atomic E-state index is 12.4. The first-order chi connectivity index (χ1) is 13.3. The molecule has 0 bridgehead atoms. The lowest BCUT2D eigenvalue weighted by atomic mass is 10.2. The van der Waals surface area contributed by atoms with Crippen molar-refractivity contribution in [3.8, 4) is 0 Å². The third kappa shape index (κ3) is 5.18. The lowest BCUT2D eigenvalue weighted by Crippen LogP contribution is -2.31. The van der Waals surface area contributed by atoms with E-state index >= 15 is 0 Å². The van der Waals surface area contributed by atoms with Crippen molar-refractivity contribution in [3.05, 3.63) is 51.7 Å². The molecule has 0 radical (unpaired) electrons. The summed E-state index contributed by atoms with van der Waals surface area (Å²) in [5.74, 6) is -0.775. The Labute approximate surface area is 169 Å². The molecule has 7 nitrogen and oxygen atoms in total. The standard InChI is InChI=1S/C19H24N2O5S2/c1-4-21(5-2)28(24,25)16-8-6-15(7-9-16)18(22)20-11-12-26-19(23)17-14(3)10-13-27-17/h6-10,13H,4-5,11-12H2,1-3H3,(H,20,22). The zero-order chi connectivity index (χ0) is 20.7. The smallest absolute Gasteiger partial charge is 0.348 e. The van der Waals surface area contributed by atoms with Crippen LogP contribution in [0.15, 0.2) is 40.6 Å². The van der Waals surface area contributed by atoms with Gasteiger partial charge in [0.15, 0.2) is 0 Å². The molecule has 9 heteroatoms. The van der Waals surface area contributed by atoms with Crippen molar-refractivity contribution in [2.24, 2.45) is 0 Å². The van der Waals surface area contributed by atoms with E-state index in [1.807, 2.05) is 18.4 Å². The van der Waals surface area contributed by atoms with Gasteiger partial charge in [-0.3, -0.25) is 4.79 Å². The molecule has 2 aromatic rings. The van der Waals surface area contributed by atoms with E-state index in [0.717, 1.165) is 5.56 Å². The van der Waals surface area contributed by atoms with Crippen molar-refractivity contribution in [1.29, 1.82) is 0 Å². The van der Waals surface area contributed by atoms with Crippen molar-refractivity contribution < 1.29 is 22.7 Å². The fraction of sp³-hybridized carbons (Fsp3) is 0.368. The molecule has 1 aromatic carbocycles. The highest BCUT2D eigenvalue weighted by Crippen LogP contribution is 2.17. The zero-order valence-corrected chi connectivity index (χ0v) is 17.7. The van der Waals surface area contributed by atoms with Gasteiger partial charge in [-0.05, 0) is 48.2 Å². The second-order valence-electron chi connectivity index (χ2n) is 5.94. The first-order valence-electron chi connectivity index (χ1n) is 8.90. The van der Waals surface area contributed by atoms with Crippen LogP contribution in [0.4, 0.5) is 0 Å². The van der Waals surface area contributed by atoms with Gasteiger partial charge in [-0.1, -0.05) is 13.8 Å². The SMILES string of the molecule is CCN(CC)S(=O)(=O)c1ccc(C(=O)NCCOC(=O)c2sccc2C)cc1. The Bertz CT molecular complexity index is 916. The number of nitrogens with one attached hydrogen (secondary N) is 1. The highest BCUT2D eigenvalue weighted by molar-refractivity contribution is 7.89. The number of rotatable bonds is 9. The number of carbonyl (C=O) groups excluding carboxylic acids is 2. The molecule has 0 saturated carbocycles. The van der Waals surface area contributed by atoms with E-state index < -0.39 is 16.0 Å². The quantitative estimate of drug-likeness (QED) is 0.493. The van der Waals surface area contributed by atoms with E-state index in [-0.39, 0.29) is 24.0 Å². The van der Waals surface area contributed by atoms with Gasteiger partial charge in [0.2, 0.25) is 10.0 Å². The third-order valence-electron chi connectivity index (χ3n) is 4.13. The number of thiophene rings is 1. The molecule has 2 rings (SSSR count). The van der Waals surface area contributed by atoms with Gasteiger partial charge in [0, 0.05) is 18.7 Å². The Hall–Kier alpha value is -2.23. The molecular weight excluding hydrogens is 400 g/mol. The minimum absolute atomic E-state index is 0.0519. The van der Waals surface area contributed by atoms with Gasteiger partial charge >= 0.3 is 5.97 Å². The van der Waals surface area contributed by atoms with Gasteiger partial charge in [0.05, 0.1) is 11.4 Å². The summed E-state index contributed by atoms with van der Waals surface area (Å²) in [6, 6.07) is 7.61. The van der Waals surface area contributed by atoms with Crippen molar-refractivity contribution in [1.82, 2.24) is 9.62 Å². The van der Waals surface area contributed by atoms with E-state index in [9.17, 15) is 18.0 Å². The zero-order valence-electron chi connectivity index (χ0n) is 16.1. The number of hydrogen-bond donors (Lipinski definition) is 1. The molecule has 28 heavy (non-hydrogen) atoms. The maximum Gasteiger partial charge on any atom is 0.348 e. The normalized spacial score (nSPS) is 11.4. The molecule has 1 aromatic heterocycles. The summed E-state index contributed by atoms with van der Waals surface area (Å²) in [4.78, 5) is 24.8. The molecule has 1 amide bonds. The van der Waals surface area contributed by atoms with Gasteiger partial charge in [-0.15, -0.1) is 11.3 Å². The summed E-state index contributed by atoms with van der Waals surface area (Å²) >= 11 is 1.31. The first-order valence-corrected chi connectivity index (χ1v) is 11.2. The Morgan fingerprint density at radius 3 is 2.29 bits per heavy atom. The largest absolute Gasteiger partial charge is 0.460 e. The summed E-state index contributed by atoms with van der Waals surface area (Å²) in [5, 5.41) is 4.46. The van der Waals surface area contributed by atoms with Crippen LogP contribution in [0.25, 0.3) is 0 Å². The summed E-state index contributed by atoms with van der Waals surface area (Å²) in [5.41, 5.74) is 1.19. The van der Waals surface area contributed by atoms with E-state index in [1.165, 1.54) is 39.9 Å². The Balaban J connectivity index is 1.88. The Morgan fingerprint density at radius 2 is 1.75 bits per heavy atom. The van der Waals surface area contributed by atoms with Crippen LogP contribution in [-0.2, 0) is 14.8 Å². The number of sulfonamides is 1. The van der Waals surface area contributed by atoms with Gasteiger partial charge < -0.3 is 10.1 Å². The lowest BCUT2D eigenvalue weighted by Gasteiger charge is -2.18. The third-order valence-corrected chi connectivity index (χ3v) is 7.19. The lowest BCUT2D eigenvalue weighted by molar-refractivity contribution is 0.0508. The van der Waals surface area contributed by atoms with Crippen molar-refractivity contribution in [2.75, 3.05) is 26.2 Å². The number of aryl methyl sites for hydroxylation is 1. The molecule has 152 valence electrons. The molecular formula is C19H24N2O5S2. The highest BCUT2D eigenvalue weighted by Gasteiger charge is 2.21. The van der Waals surface area contributed by atoms with E-state index in [1.54, 1.807) is 13.8 Å². The number of esters is 1. The summed E-state index contributed by atoms with van der Waals surface area (Å²) in [6.07, 6.45) is 0. The molecule has 0 fully saturated rings. The number of hydrogen-bond acceptors (Lipinski definition) is 6. The molecule has 0 aliphatic rings. The van der Waals surface area contributed by atoms with Gasteiger partial charge in [-0.2, -0.15) is 4.31 Å². The topological polar surface area (TPSA) is 92.8 Å². The molecule has 1 heterocycles. The predicted octanol–water partition coefficient (Wildman–Crippen LogP) is 2.67. The van der Waals surface area contributed by atoms with E-state index in [2.05, 4.69) is 5.32 Å². The fourth-order valence-corrected chi connectivity index (χ4v) is 4.82. The molecule has 0 saturated heterocycles. The van der Waals surface area contributed by atoms with Crippen LogP contribution >= 0.6 is 11.3 Å². The number of benzene rings is 1. The maximum absolute atomic E-state index is 12.4. The summed E-state index contributed by atoms with van der Waals surface area (Å²) in [7, 11) is -3.55. The summed E-state index contributed by atoms with van der Waals surface area (Å²) < 4.78 is 31.4. The second kappa shape index (κ2) is 9.81. The van der Waals surface area contributed by atoms with E-state index in [0.29, 0.717) is 23.5 Å². The molecule has 1 N–H and O–H groups in total. The second-order valence-corrected chi connectivity index (χ2v) is 8.79. The van der Waals surface area contributed by atoms with Crippen LogP contribution in [0.5, 0.6) is 0 Å². The van der Waals surface area contributed by atoms with Crippen LogP contribution in [0, 0.1) is 6.92 Å². The minimum atomic E-state index is -3.55. The van der Waals surface area contributed by atoms with Crippen LogP contribution < -0.4 is 5.32 Å². The van der Waals surface area contributed by atoms with E-state index in [4.69, 9.17) is 4.74 Å². The molecule has 0 unspecified atom stereocenters. The van der Waals surface area contributed by atoms with Crippen molar-refractivity contribution in [2.45, 2.75) is 25.7 Å². The van der Waals surface area contributed by atoms with Crippen molar-refractivity contribution in [3.63, 3.8) is 0 Å². The van der Waals surface area contributed by atoms with Crippen LogP contribution in [0.1, 0.15) is 39.4 Å². The monoisotopic (exact) mass is 424 g/mol. The Kier molecular flexibility index (Phi) is 7.73. The van der Waals surface area contributed by atoms with Gasteiger partial charge in [0.1, 0.15) is 11.5 Å². The van der Waals surface area contributed by atoms with Gasteiger partial charge in [-0.25, -0.2) is 13.2 Å². The van der Waals surface area contributed by atoms with Gasteiger partial charge in [0.25, 0.3) is 5.91 Å². The number of nitrogens with zero attached hydrogens (tertiary/aromatic N) is 1. The summed E-state index contributed by atoms with van der Waals surface area (Å²) in [6.45, 7) is 6.35. The average molecular weight is 425 g/mol. The number of ether oxygens (including phenoxy) is 1. The number of amides is 1. The number of carbonyl (C=O) groups is 2. The molecule has 0 aliphatic heterocycles. The first kappa shape index (κ1) is 22.1. The average Bonchev–Trinajstić information content (AvgIpc) is 3.11. The highest BCUT2D eigenvalue weighted by atomic mass is 32.2. The molecule has 0 aliphatic carbocycles. The van der Waals surface area contributed by atoms with Crippen molar-refractivity contribution >= 4 is 33.2 Å². The minimum Gasteiger partial charge on any atom is -0.460 e. The molecule has 0 atom stereocenters. The Morgan fingerprint density at radius 1 is 1.11 bits per heavy atom. The van der Waals surface area contributed by atoms with Crippen LogP contribution in [0.3, 0.4) is 0 Å². The van der Waals surface area contributed by atoms with Crippen LogP contribution in [-0.4, -0.2) is 50.8 Å². The predicted molar refractivity (Wildman–Crippen MR) is 108 cm³/mol.